The van der Waals surface area contributed by atoms with Crippen LogP contribution in [0.3, 0.4) is 0 Å². The molecular weight excluding hydrogens is 344 g/mol. The number of piperidine rings is 1. The summed E-state index contributed by atoms with van der Waals surface area (Å²) >= 11 is 0. The molecule has 0 aliphatic carbocycles. The number of carbonyl (C=O) groups excluding carboxylic acids is 1. The Morgan fingerprint density at radius 1 is 1.00 bits per heavy atom. The lowest BCUT2D eigenvalue weighted by molar-refractivity contribution is -0.137. The van der Waals surface area contributed by atoms with Crippen LogP contribution in [0.5, 0.6) is 0 Å². The summed E-state index contributed by atoms with van der Waals surface area (Å²) in [7, 11) is 0. The number of carbonyl (C=O) groups is 1. The van der Waals surface area contributed by atoms with Gasteiger partial charge in [0, 0.05) is 26.2 Å². The molecule has 0 N–H and O–H groups in total. The highest BCUT2D eigenvalue weighted by Gasteiger charge is 2.28. The fourth-order valence-electron chi connectivity index (χ4n) is 4.70. The Labute approximate surface area is 167 Å². The molecule has 0 bridgehead atoms. The summed E-state index contributed by atoms with van der Waals surface area (Å²) in [6.07, 6.45) is 2.11. The van der Waals surface area contributed by atoms with Crippen molar-refractivity contribution < 1.29 is 4.79 Å². The fraction of sp³-hybridized carbons (Fsp3) is 0.400. The average Bonchev–Trinajstić information content (AvgIpc) is 2.74. The molecule has 3 nitrogen and oxygen atoms in total. The zero-order valence-corrected chi connectivity index (χ0v) is 17.0. The van der Waals surface area contributed by atoms with E-state index in [0.29, 0.717) is 5.91 Å². The molecule has 1 unspecified atom stereocenters. The number of rotatable bonds is 5. The molecule has 0 spiro atoms. The number of hydrogen-bond donors (Lipinski definition) is 0. The first-order valence-corrected chi connectivity index (χ1v) is 10.6. The van der Waals surface area contributed by atoms with E-state index in [1.807, 2.05) is 4.90 Å². The van der Waals surface area contributed by atoms with Gasteiger partial charge in [0.25, 0.3) is 0 Å². The van der Waals surface area contributed by atoms with Gasteiger partial charge in [0.15, 0.2) is 0 Å². The summed E-state index contributed by atoms with van der Waals surface area (Å²) in [5.41, 5.74) is 1.39. The van der Waals surface area contributed by atoms with Crippen molar-refractivity contribution in [2.45, 2.75) is 33.2 Å². The first-order chi connectivity index (χ1) is 13.7. The van der Waals surface area contributed by atoms with E-state index in [-0.39, 0.29) is 5.92 Å². The summed E-state index contributed by atoms with van der Waals surface area (Å²) in [6, 6.07) is 19.6. The van der Waals surface area contributed by atoms with Crippen LogP contribution >= 0.6 is 0 Å². The second-order valence-electron chi connectivity index (χ2n) is 7.88. The maximum atomic E-state index is 12.9. The van der Waals surface area contributed by atoms with Crippen molar-refractivity contribution in [2.24, 2.45) is 5.92 Å². The van der Waals surface area contributed by atoms with Crippen molar-refractivity contribution in [2.75, 3.05) is 26.2 Å². The lowest BCUT2D eigenvalue weighted by Gasteiger charge is -2.35. The van der Waals surface area contributed by atoms with Gasteiger partial charge >= 0.3 is 0 Å². The third-order valence-electron chi connectivity index (χ3n) is 6.19. The third-order valence-corrected chi connectivity index (χ3v) is 6.19. The summed E-state index contributed by atoms with van der Waals surface area (Å²) < 4.78 is 0. The molecule has 1 heterocycles. The van der Waals surface area contributed by atoms with E-state index in [9.17, 15) is 4.79 Å². The predicted octanol–water partition coefficient (Wildman–Crippen LogP) is 5.07. The Morgan fingerprint density at radius 3 is 2.21 bits per heavy atom. The number of benzene rings is 3. The monoisotopic (exact) mass is 374 g/mol. The van der Waals surface area contributed by atoms with Crippen LogP contribution in [0.15, 0.2) is 54.6 Å². The van der Waals surface area contributed by atoms with Gasteiger partial charge in [0.2, 0.25) is 5.91 Å². The number of likely N-dealkylation sites (tertiary alicyclic amines) is 1. The zero-order chi connectivity index (χ0) is 19.5. The molecule has 1 atom stereocenters. The third kappa shape index (κ3) is 3.64. The Morgan fingerprint density at radius 2 is 1.61 bits per heavy atom. The van der Waals surface area contributed by atoms with E-state index in [1.165, 1.54) is 27.1 Å². The van der Waals surface area contributed by atoms with E-state index < -0.39 is 0 Å². The molecule has 1 aliphatic rings. The van der Waals surface area contributed by atoms with Crippen molar-refractivity contribution in [3.63, 3.8) is 0 Å². The lowest BCUT2D eigenvalue weighted by Crippen LogP contribution is -2.44. The summed E-state index contributed by atoms with van der Waals surface area (Å²) in [5, 5.41) is 5.25. The maximum Gasteiger partial charge on any atom is 0.226 e. The zero-order valence-electron chi connectivity index (χ0n) is 17.0. The topological polar surface area (TPSA) is 23.6 Å². The van der Waals surface area contributed by atoms with E-state index >= 15 is 0 Å². The highest BCUT2D eigenvalue weighted by molar-refractivity contribution is 6.02. The molecule has 1 aliphatic heterocycles. The van der Waals surface area contributed by atoms with Gasteiger partial charge in [0.05, 0.1) is 5.92 Å². The Kier molecular flexibility index (Phi) is 5.63. The van der Waals surface area contributed by atoms with Crippen LogP contribution in [0.1, 0.15) is 32.3 Å². The Bertz CT molecular complexity index is 923. The standard InChI is InChI=1S/C25H30N2O/c1-3-27(4-2)25(28)21-12-9-15-26(17-21)18-24-22-13-7-5-10-19(22)16-20-11-6-8-14-23(20)24/h5-8,10-11,13-14,16,21H,3-4,9,12,15,17-18H2,1-2H3. The summed E-state index contributed by atoms with van der Waals surface area (Å²) in [6.45, 7) is 8.60. The van der Waals surface area contributed by atoms with Gasteiger partial charge in [-0.3, -0.25) is 9.69 Å². The molecular formula is C25H30N2O. The minimum Gasteiger partial charge on any atom is -0.343 e. The van der Waals surface area contributed by atoms with Crippen LogP contribution in [0.2, 0.25) is 0 Å². The number of nitrogens with zero attached hydrogens (tertiary/aromatic N) is 2. The van der Waals surface area contributed by atoms with Crippen LogP contribution < -0.4 is 0 Å². The predicted molar refractivity (Wildman–Crippen MR) is 117 cm³/mol. The fourth-order valence-corrected chi connectivity index (χ4v) is 4.70. The van der Waals surface area contributed by atoms with Crippen LogP contribution in [-0.4, -0.2) is 41.9 Å². The SMILES string of the molecule is CCN(CC)C(=O)C1CCCN(Cc2c3ccccc3cc3ccccc23)C1. The molecule has 28 heavy (non-hydrogen) atoms. The molecule has 4 rings (SSSR count). The van der Waals surface area contributed by atoms with Gasteiger partial charge in [-0.1, -0.05) is 48.5 Å². The number of fused-ring (bicyclic) bond motifs is 2. The molecule has 0 saturated carbocycles. The molecule has 0 aromatic heterocycles. The minimum atomic E-state index is 0.134. The smallest absolute Gasteiger partial charge is 0.226 e. The largest absolute Gasteiger partial charge is 0.343 e. The van der Waals surface area contributed by atoms with E-state index in [4.69, 9.17) is 0 Å². The highest BCUT2D eigenvalue weighted by Crippen LogP contribution is 2.31. The second-order valence-corrected chi connectivity index (χ2v) is 7.88. The Balaban J connectivity index is 1.64. The maximum absolute atomic E-state index is 12.9. The number of amides is 1. The summed E-state index contributed by atoms with van der Waals surface area (Å²) in [5.74, 6) is 0.465. The van der Waals surface area contributed by atoms with Crippen LogP contribution in [0, 0.1) is 5.92 Å². The molecule has 1 amide bonds. The van der Waals surface area contributed by atoms with Crippen molar-refractivity contribution in [1.82, 2.24) is 9.80 Å². The molecule has 3 heteroatoms. The van der Waals surface area contributed by atoms with Crippen molar-refractivity contribution in [3.8, 4) is 0 Å². The van der Waals surface area contributed by atoms with Crippen molar-refractivity contribution >= 4 is 27.5 Å². The number of hydrogen-bond acceptors (Lipinski definition) is 2. The first kappa shape index (κ1) is 18.9. The van der Waals surface area contributed by atoms with Crippen LogP contribution in [-0.2, 0) is 11.3 Å². The van der Waals surface area contributed by atoms with Crippen LogP contribution in [0.4, 0.5) is 0 Å². The molecule has 3 aromatic rings. The normalized spacial score (nSPS) is 17.9. The summed E-state index contributed by atoms with van der Waals surface area (Å²) in [4.78, 5) is 17.4. The molecule has 1 fully saturated rings. The van der Waals surface area contributed by atoms with Gasteiger partial charge in [-0.25, -0.2) is 0 Å². The molecule has 1 saturated heterocycles. The van der Waals surface area contributed by atoms with Gasteiger partial charge in [-0.05, 0) is 66.4 Å². The van der Waals surface area contributed by atoms with E-state index in [1.54, 1.807) is 0 Å². The van der Waals surface area contributed by atoms with E-state index in [2.05, 4.69) is 73.3 Å². The quantitative estimate of drug-likeness (QED) is 0.582. The molecule has 0 radical (unpaired) electrons. The van der Waals surface area contributed by atoms with Gasteiger partial charge in [-0.15, -0.1) is 0 Å². The lowest BCUT2D eigenvalue weighted by atomic mass is 9.93. The molecule has 3 aromatic carbocycles. The highest BCUT2D eigenvalue weighted by atomic mass is 16.2. The first-order valence-electron chi connectivity index (χ1n) is 10.6. The van der Waals surface area contributed by atoms with Crippen LogP contribution in [0.25, 0.3) is 21.5 Å². The second kappa shape index (κ2) is 8.32. The van der Waals surface area contributed by atoms with Gasteiger partial charge in [-0.2, -0.15) is 0 Å². The van der Waals surface area contributed by atoms with E-state index in [0.717, 1.165) is 45.6 Å². The average molecular weight is 375 g/mol. The molecule has 146 valence electrons. The Hall–Kier alpha value is -2.39. The van der Waals surface area contributed by atoms with Gasteiger partial charge < -0.3 is 4.90 Å². The van der Waals surface area contributed by atoms with Crippen molar-refractivity contribution in [3.05, 3.63) is 60.2 Å². The van der Waals surface area contributed by atoms with Gasteiger partial charge in [0.1, 0.15) is 0 Å². The minimum absolute atomic E-state index is 0.134. The van der Waals surface area contributed by atoms with Crippen molar-refractivity contribution in [1.29, 1.82) is 0 Å².